The number of hydrogen-bond acceptors (Lipinski definition) is 10. The molecule has 0 aromatic carbocycles. The van der Waals surface area contributed by atoms with Crippen LogP contribution in [0.5, 0.6) is 0 Å². The van der Waals surface area contributed by atoms with Crippen LogP contribution in [0.1, 0.15) is 194 Å². The number of carbonyl (C=O) groups excluding carboxylic acids is 2. The lowest BCUT2D eigenvalue weighted by molar-refractivity contribution is -0.305. The van der Waals surface area contributed by atoms with Crippen molar-refractivity contribution in [3.63, 3.8) is 0 Å². The minimum atomic E-state index is -1.65. The molecule has 1 aliphatic rings. The number of aliphatic hydroxyl groups is 5. The number of nitrogens with one attached hydrogen (secondary N) is 1. The summed E-state index contributed by atoms with van der Waals surface area (Å²) in [5, 5.41) is 56.5. The Morgan fingerprint density at radius 2 is 1.06 bits per heavy atom. The zero-order chi connectivity index (χ0) is 50.4. The lowest BCUT2D eigenvalue weighted by Gasteiger charge is -2.41. The maximum Gasteiger partial charge on any atom is 0.306 e. The smallest absolute Gasteiger partial charge is 0.306 e. The topological polar surface area (TPSA) is 175 Å². The van der Waals surface area contributed by atoms with Crippen molar-refractivity contribution in [1.82, 2.24) is 5.32 Å². The van der Waals surface area contributed by atoms with Gasteiger partial charge in [0.05, 0.1) is 25.4 Å². The number of amides is 1. The molecule has 11 nitrogen and oxygen atoms in total. The molecule has 0 radical (unpaired) electrons. The number of ether oxygens (including phenoxy) is 3. The molecule has 0 aromatic heterocycles. The molecule has 69 heavy (non-hydrogen) atoms. The SMILES string of the molecule is CC/C=C\C/C=C\C/C=C\C/C=C\C/C=C\C/C=C\CCC(=O)OC1C(OCC(NC(=O)C(O)CCCCCC/C=C\CCCC)C(O)/C=C/CCCCCCCCCCC)OC(CO)C(O)C1O. The second-order valence-electron chi connectivity index (χ2n) is 18.2. The van der Waals surface area contributed by atoms with Gasteiger partial charge in [-0.1, -0.05) is 201 Å². The summed E-state index contributed by atoms with van der Waals surface area (Å²) in [4.78, 5) is 26.3. The third kappa shape index (κ3) is 34.5. The van der Waals surface area contributed by atoms with Gasteiger partial charge in [0.1, 0.15) is 24.4 Å². The number of carbonyl (C=O) groups is 2. The molecular weight excluding hydrogens is 871 g/mol. The number of rotatable bonds is 43. The molecule has 394 valence electrons. The van der Waals surface area contributed by atoms with Crippen LogP contribution < -0.4 is 5.32 Å². The van der Waals surface area contributed by atoms with E-state index in [1.807, 2.05) is 18.2 Å². The Kier molecular flexibility index (Phi) is 42.1. The van der Waals surface area contributed by atoms with Crippen molar-refractivity contribution in [3.05, 3.63) is 97.2 Å². The fourth-order valence-corrected chi connectivity index (χ4v) is 7.66. The highest BCUT2D eigenvalue weighted by atomic mass is 16.7. The largest absolute Gasteiger partial charge is 0.454 e. The lowest BCUT2D eigenvalue weighted by atomic mass is 9.99. The highest BCUT2D eigenvalue weighted by Gasteiger charge is 2.47. The molecule has 6 N–H and O–H groups in total. The molecule has 0 saturated carbocycles. The van der Waals surface area contributed by atoms with Crippen molar-refractivity contribution in [3.8, 4) is 0 Å². The number of allylic oxidation sites excluding steroid dienone is 15. The van der Waals surface area contributed by atoms with Crippen molar-refractivity contribution in [2.75, 3.05) is 13.2 Å². The quantitative estimate of drug-likeness (QED) is 0.0196. The Bertz CT molecular complexity index is 1480. The Hall–Kier alpha value is -3.42. The van der Waals surface area contributed by atoms with E-state index in [4.69, 9.17) is 14.2 Å². The molecule has 0 aliphatic carbocycles. The van der Waals surface area contributed by atoms with Gasteiger partial charge < -0.3 is 45.1 Å². The normalized spacial score (nSPS) is 20.6. The second-order valence-corrected chi connectivity index (χ2v) is 18.2. The molecule has 11 heteroatoms. The Morgan fingerprint density at radius 1 is 0.580 bits per heavy atom. The van der Waals surface area contributed by atoms with E-state index in [0.29, 0.717) is 19.3 Å². The molecular formula is C58H97NO10. The van der Waals surface area contributed by atoms with Crippen LogP contribution >= 0.6 is 0 Å². The van der Waals surface area contributed by atoms with E-state index in [-0.39, 0.29) is 19.4 Å². The molecule has 0 spiro atoms. The van der Waals surface area contributed by atoms with Crippen LogP contribution in [0.15, 0.2) is 97.2 Å². The van der Waals surface area contributed by atoms with Crippen LogP contribution in [0.2, 0.25) is 0 Å². The van der Waals surface area contributed by atoms with Crippen molar-refractivity contribution < 1.29 is 49.3 Å². The average Bonchev–Trinajstić information content (AvgIpc) is 3.34. The van der Waals surface area contributed by atoms with Crippen molar-refractivity contribution in [1.29, 1.82) is 0 Å². The van der Waals surface area contributed by atoms with Gasteiger partial charge in [0.15, 0.2) is 12.4 Å². The molecule has 1 heterocycles. The van der Waals surface area contributed by atoms with E-state index in [0.717, 1.165) is 89.9 Å². The number of hydrogen-bond donors (Lipinski definition) is 6. The Labute approximate surface area is 418 Å². The molecule has 1 rings (SSSR count). The predicted molar refractivity (Wildman–Crippen MR) is 282 cm³/mol. The summed E-state index contributed by atoms with van der Waals surface area (Å²) >= 11 is 0. The van der Waals surface area contributed by atoms with Gasteiger partial charge in [0.2, 0.25) is 5.91 Å². The number of aliphatic hydroxyl groups excluding tert-OH is 5. The summed E-state index contributed by atoms with van der Waals surface area (Å²) in [6, 6.07) is -1.05. The maximum atomic E-state index is 13.3. The monoisotopic (exact) mass is 968 g/mol. The van der Waals surface area contributed by atoms with Crippen LogP contribution in [0.4, 0.5) is 0 Å². The second kappa shape index (κ2) is 45.7. The average molecular weight is 968 g/mol. The number of esters is 1. The maximum absolute atomic E-state index is 13.3. The van der Waals surface area contributed by atoms with Gasteiger partial charge in [0.25, 0.3) is 0 Å². The van der Waals surface area contributed by atoms with Crippen molar-refractivity contribution in [2.45, 2.75) is 243 Å². The molecule has 8 unspecified atom stereocenters. The third-order valence-electron chi connectivity index (χ3n) is 12.0. The first kappa shape index (κ1) is 63.6. The number of unbranched alkanes of at least 4 members (excludes halogenated alkanes) is 15. The summed E-state index contributed by atoms with van der Waals surface area (Å²) in [5.74, 6) is -1.30. The standard InChI is InChI=1S/C58H97NO10/c1-4-7-10-13-16-19-22-23-24-25-26-27-28-29-31-34-37-40-43-46-53(63)69-56-55(65)54(64)52(47-60)68-58(56)67-48-49(50(61)44-41-38-35-33-30-20-17-14-11-8-5-2)59-57(66)51(62)45-42-39-36-32-21-18-15-12-9-6-3/h7,10,15-16,18-19,23-24,26-27,29,31,37,40-41,44,49-52,54-56,58,60-62,64-65H,4-6,8-9,11-14,17,20-22,25,28,30,32-36,38-39,42-43,45-48H2,1-3H3,(H,59,66)/b10-7-,18-15-,19-16-,24-23-,27-26-,31-29-,40-37-,44-41+. The van der Waals surface area contributed by atoms with Gasteiger partial charge in [-0.15, -0.1) is 0 Å². The van der Waals surface area contributed by atoms with Gasteiger partial charge in [-0.25, -0.2) is 0 Å². The molecule has 1 saturated heterocycles. The molecule has 1 aliphatic heterocycles. The molecule has 1 amide bonds. The van der Waals surface area contributed by atoms with E-state index in [9.17, 15) is 35.1 Å². The van der Waals surface area contributed by atoms with Crippen LogP contribution in [0.3, 0.4) is 0 Å². The summed E-state index contributed by atoms with van der Waals surface area (Å²) in [5.41, 5.74) is 0. The van der Waals surface area contributed by atoms with Crippen LogP contribution in [-0.2, 0) is 23.8 Å². The van der Waals surface area contributed by atoms with Gasteiger partial charge in [-0.3, -0.25) is 9.59 Å². The first-order valence-corrected chi connectivity index (χ1v) is 27.0. The Morgan fingerprint density at radius 3 is 1.61 bits per heavy atom. The Balaban J connectivity index is 2.79. The minimum absolute atomic E-state index is 0.00718. The minimum Gasteiger partial charge on any atom is -0.454 e. The lowest BCUT2D eigenvalue weighted by Crippen LogP contribution is -2.61. The molecule has 8 atom stereocenters. The fraction of sp³-hybridized carbons (Fsp3) is 0.690. The molecule has 0 aromatic rings. The summed E-state index contributed by atoms with van der Waals surface area (Å²) < 4.78 is 17.4. The first-order chi connectivity index (χ1) is 33.7. The van der Waals surface area contributed by atoms with Gasteiger partial charge in [-0.05, 0) is 83.5 Å². The molecule has 1 fully saturated rings. The van der Waals surface area contributed by atoms with E-state index in [1.165, 1.54) is 51.4 Å². The summed E-state index contributed by atoms with van der Waals surface area (Å²) in [6.07, 6.45) is 49.0. The van der Waals surface area contributed by atoms with Crippen LogP contribution in [0, 0.1) is 0 Å². The van der Waals surface area contributed by atoms with Gasteiger partial charge >= 0.3 is 5.97 Å². The summed E-state index contributed by atoms with van der Waals surface area (Å²) in [7, 11) is 0. The van der Waals surface area contributed by atoms with E-state index in [1.54, 1.807) is 6.08 Å². The van der Waals surface area contributed by atoms with Crippen molar-refractivity contribution in [2.24, 2.45) is 0 Å². The zero-order valence-corrected chi connectivity index (χ0v) is 43.1. The van der Waals surface area contributed by atoms with Crippen LogP contribution in [0.25, 0.3) is 0 Å². The van der Waals surface area contributed by atoms with Crippen LogP contribution in [-0.4, -0.2) is 99.6 Å². The van der Waals surface area contributed by atoms with Gasteiger partial charge in [0, 0.05) is 6.42 Å². The van der Waals surface area contributed by atoms with Gasteiger partial charge in [-0.2, -0.15) is 0 Å². The third-order valence-corrected chi connectivity index (χ3v) is 12.0. The zero-order valence-electron chi connectivity index (χ0n) is 43.1. The highest BCUT2D eigenvalue weighted by Crippen LogP contribution is 2.26. The van der Waals surface area contributed by atoms with E-state index in [2.05, 4.69) is 99.0 Å². The molecule has 0 bridgehead atoms. The van der Waals surface area contributed by atoms with E-state index >= 15 is 0 Å². The first-order valence-electron chi connectivity index (χ1n) is 27.0. The van der Waals surface area contributed by atoms with E-state index < -0.39 is 67.4 Å². The summed E-state index contributed by atoms with van der Waals surface area (Å²) in [6.45, 7) is 5.53. The predicted octanol–water partition coefficient (Wildman–Crippen LogP) is 11.6. The van der Waals surface area contributed by atoms with Crippen molar-refractivity contribution >= 4 is 11.9 Å². The highest BCUT2D eigenvalue weighted by molar-refractivity contribution is 5.80. The fourth-order valence-electron chi connectivity index (χ4n) is 7.66.